The monoisotopic (exact) mass is 822 g/mol. The lowest BCUT2D eigenvalue weighted by Gasteiger charge is -2.59. The van der Waals surface area contributed by atoms with Crippen LogP contribution in [0.2, 0.25) is 0 Å². The van der Waals surface area contributed by atoms with E-state index in [9.17, 15) is 29.3 Å². The van der Waals surface area contributed by atoms with Gasteiger partial charge in [-0.3, -0.25) is 29.2 Å². The number of Topliss-reactive ketones (excluding diaryl/α,β-unsaturated/α-hetero) is 2. The highest BCUT2D eigenvalue weighted by Crippen LogP contribution is 2.52. The van der Waals surface area contributed by atoms with Crippen LogP contribution in [0.1, 0.15) is 93.9 Å². The number of benzene rings is 1. The predicted molar refractivity (Wildman–Crippen MR) is 216 cm³/mol. The summed E-state index contributed by atoms with van der Waals surface area (Å²) < 4.78 is 27.2. The molecule has 4 aliphatic rings. The molecule has 2 aromatic rings. The van der Waals surface area contributed by atoms with Crippen molar-refractivity contribution in [2.45, 2.75) is 148 Å². The molecule has 1 amide bonds. The standard InChI is InChI=1S/C43H62N6O10/c1-11-34-43(8)39(48(41(53)59-43)18-13-12-17-47-23-32(44-45-47)29-15-14-16-30(20-29)49(54)55)27(5)36(50)24(2)22-42(7)35(26(4)37(51)28(6)40(52)57-34)38(58-42)33-21-31(46(9)10)19-25(3)56-33/h14-16,20,23-28,31,33-35,38-39H,11-13,17-19,21-22H2,1-10H3/t24-,25-,26-,27+,28-,31+,33-,34-,35+,38?,39?,42+,43-/m1/s1. The van der Waals surface area contributed by atoms with Crippen LogP contribution in [0.3, 0.4) is 0 Å². The first-order valence-electron chi connectivity index (χ1n) is 21.2. The van der Waals surface area contributed by atoms with Crippen LogP contribution in [0.4, 0.5) is 10.5 Å². The zero-order valence-electron chi connectivity index (χ0n) is 36.2. The smallest absolute Gasteiger partial charge is 0.410 e. The van der Waals surface area contributed by atoms with Gasteiger partial charge in [-0.25, -0.2) is 4.79 Å². The Morgan fingerprint density at radius 2 is 1.69 bits per heavy atom. The number of fused-ring (bicyclic) bond motifs is 2. The quantitative estimate of drug-likeness (QED) is 0.0909. The van der Waals surface area contributed by atoms with E-state index in [0.29, 0.717) is 37.1 Å². The number of nitro groups is 1. The van der Waals surface area contributed by atoms with Crippen molar-refractivity contribution in [1.29, 1.82) is 0 Å². The van der Waals surface area contributed by atoms with E-state index in [2.05, 4.69) is 36.2 Å². The van der Waals surface area contributed by atoms with Gasteiger partial charge in [0.1, 0.15) is 29.3 Å². The van der Waals surface area contributed by atoms with Crippen LogP contribution < -0.4 is 0 Å². The Hall–Kier alpha value is -4.28. The molecule has 5 heterocycles. The lowest BCUT2D eigenvalue weighted by molar-refractivity contribution is -0.384. The van der Waals surface area contributed by atoms with Gasteiger partial charge in [0.15, 0.2) is 5.60 Å². The third-order valence-electron chi connectivity index (χ3n) is 13.6. The summed E-state index contributed by atoms with van der Waals surface area (Å²) >= 11 is 0. The summed E-state index contributed by atoms with van der Waals surface area (Å²) in [6.07, 6.45) is 2.89. The fraction of sp³-hybridized carbons (Fsp3) is 0.721. The molecule has 0 bridgehead atoms. The largest absolute Gasteiger partial charge is 0.458 e. The van der Waals surface area contributed by atoms with Crippen LogP contribution in [0.15, 0.2) is 30.5 Å². The molecule has 4 fully saturated rings. The van der Waals surface area contributed by atoms with Crippen LogP contribution in [0, 0.1) is 39.7 Å². The average molecular weight is 823 g/mol. The van der Waals surface area contributed by atoms with Crippen LogP contribution in [0.25, 0.3) is 11.3 Å². The number of esters is 1. The van der Waals surface area contributed by atoms with Gasteiger partial charge in [0.05, 0.1) is 41.1 Å². The molecule has 16 nitrogen and oxygen atoms in total. The summed E-state index contributed by atoms with van der Waals surface area (Å²) in [6.45, 7) is 15.4. The summed E-state index contributed by atoms with van der Waals surface area (Å²) in [5, 5.41) is 19.7. The minimum absolute atomic E-state index is 0.000791. The Bertz CT molecular complexity index is 1900. The molecular weight excluding hydrogens is 761 g/mol. The number of carbonyl (C=O) groups excluding carboxylic acids is 4. The van der Waals surface area contributed by atoms with Gasteiger partial charge in [0, 0.05) is 60.5 Å². The summed E-state index contributed by atoms with van der Waals surface area (Å²) in [7, 11) is 4.11. The Morgan fingerprint density at radius 1 is 0.983 bits per heavy atom. The van der Waals surface area contributed by atoms with Crippen molar-refractivity contribution in [2.75, 3.05) is 20.6 Å². The van der Waals surface area contributed by atoms with E-state index in [0.717, 1.165) is 12.8 Å². The van der Waals surface area contributed by atoms with Crippen molar-refractivity contribution < 1.29 is 43.0 Å². The summed E-state index contributed by atoms with van der Waals surface area (Å²) in [5.74, 6) is -4.23. The molecule has 1 aromatic carbocycles. The number of unbranched alkanes of at least 4 members (excludes halogenated alkanes) is 1. The number of ketones is 2. The Labute approximate surface area is 346 Å². The molecule has 4 saturated heterocycles. The highest BCUT2D eigenvalue weighted by molar-refractivity contribution is 6.00. The number of cyclic esters (lactones) is 1. The maximum atomic E-state index is 14.7. The molecule has 16 heteroatoms. The van der Waals surface area contributed by atoms with Crippen LogP contribution in [-0.2, 0) is 39.9 Å². The van der Waals surface area contributed by atoms with E-state index < -0.39 is 70.1 Å². The second-order valence-corrected chi connectivity index (χ2v) is 18.1. The van der Waals surface area contributed by atoms with Gasteiger partial charge in [-0.2, -0.15) is 0 Å². The molecule has 13 atom stereocenters. The van der Waals surface area contributed by atoms with Crippen molar-refractivity contribution in [3.8, 4) is 11.3 Å². The van der Waals surface area contributed by atoms with E-state index >= 15 is 0 Å². The summed E-state index contributed by atoms with van der Waals surface area (Å²) in [6, 6.07) is 5.69. The molecule has 1 aromatic heterocycles. The molecule has 0 spiro atoms. The molecule has 0 saturated carbocycles. The number of amides is 1. The number of non-ortho nitro benzene ring substituents is 1. The highest BCUT2D eigenvalue weighted by Gasteiger charge is 2.63. The normalized spacial score (nSPS) is 36.9. The Morgan fingerprint density at radius 3 is 2.37 bits per heavy atom. The van der Waals surface area contributed by atoms with Gasteiger partial charge in [-0.1, -0.05) is 45.0 Å². The van der Waals surface area contributed by atoms with Gasteiger partial charge < -0.3 is 28.7 Å². The van der Waals surface area contributed by atoms with E-state index in [4.69, 9.17) is 18.9 Å². The molecule has 6 rings (SSSR count). The molecule has 59 heavy (non-hydrogen) atoms. The summed E-state index contributed by atoms with van der Waals surface area (Å²) in [4.78, 5) is 71.3. The van der Waals surface area contributed by atoms with Gasteiger partial charge >= 0.3 is 12.1 Å². The third kappa shape index (κ3) is 8.67. The van der Waals surface area contributed by atoms with Gasteiger partial charge in [0.25, 0.3) is 5.69 Å². The second kappa shape index (κ2) is 17.4. The average Bonchev–Trinajstić information content (AvgIpc) is 3.77. The molecule has 0 aliphatic carbocycles. The molecule has 0 radical (unpaired) electrons. The fourth-order valence-electron chi connectivity index (χ4n) is 10.5. The minimum Gasteiger partial charge on any atom is -0.458 e. The van der Waals surface area contributed by atoms with E-state index in [-0.39, 0.29) is 54.4 Å². The summed E-state index contributed by atoms with van der Waals surface area (Å²) in [5.41, 5.74) is -1.22. The zero-order chi connectivity index (χ0) is 43.1. The Balaban J connectivity index is 1.23. The predicted octanol–water partition coefficient (Wildman–Crippen LogP) is 5.89. The first-order valence-corrected chi connectivity index (χ1v) is 21.2. The number of aryl methyl sites for hydroxylation is 1. The number of ether oxygens (including phenoxy) is 4. The van der Waals surface area contributed by atoms with Gasteiger partial charge in [0.2, 0.25) is 0 Å². The maximum absolute atomic E-state index is 14.7. The number of aromatic nitrogens is 3. The van der Waals surface area contributed by atoms with Crippen LogP contribution in [-0.4, -0.2) is 122 Å². The topological polar surface area (TPSA) is 186 Å². The zero-order valence-corrected chi connectivity index (χ0v) is 36.2. The SMILES string of the molecule is CC[C@H]1OC(=O)[C@H](C)C(=O)[C@H](C)[C@H]2C([C@H]3C[C@@H](N(C)C)C[C@@H](C)O3)O[C@@]2(C)C[C@@H](C)C(=O)[C@H](C)C2N(CCCCn3cc(-c4cccc([N+](=O)[O-])c4)nn3)C(=O)O[C@@]21C. The minimum atomic E-state index is -1.39. The van der Waals surface area contributed by atoms with Crippen molar-refractivity contribution in [2.24, 2.45) is 29.6 Å². The van der Waals surface area contributed by atoms with Gasteiger partial charge in [-0.05, 0) is 80.3 Å². The molecule has 0 N–H and O–H groups in total. The maximum Gasteiger partial charge on any atom is 0.410 e. The lowest BCUT2D eigenvalue weighted by Crippen LogP contribution is -2.68. The third-order valence-corrected chi connectivity index (χ3v) is 13.6. The molecular formula is C43H62N6O10. The molecule has 324 valence electrons. The van der Waals surface area contributed by atoms with E-state index in [1.54, 1.807) is 41.8 Å². The van der Waals surface area contributed by atoms with Crippen molar-refractivity contribution in [3.05, 3.63) is 40.6 Å². The second-order valence-electron chi connectivity index (χ2n) is 18.1. The van der Waals surface area contributed by atoms with Gasteiger partial charge in [-0.15, -0.1) is 5.10 Å². The number of hydrogen-bond donors (Lipinski definition) is 0. The highest BCUT2D eigenvalue weighted by atomic mass is 16.6. The van der Waals surface area contributed by atoms with Crippen molar-refractivity contribution in [1.82, 2.24) is 24.8 Å². The number of nitro benzene ring substituents is 1. The number of carbonyl (C=O) groups is 4. The van der Waals surface area contributed by atoms with Crippen LogP contribution >= 0.6 is 0 Å². The molecule has 4 aliphatic heterocycles. The van der Waals surface area contributed by atoms with Crippen molar-refractivity contribution in [3.63, 3.8) is 0 Å². The Kier molecular flexibility index (Phi) is 13.0. The first-order chi connectivity index (χ1) is 27.8. The van der Waals surface area contributed by atoms with Crippen LogP contribution in [0.5, 0.6) is 0 Å². The lowest BCUT2D eigenvalue weighted by atomic mass is 9.63. The van der Waals surface area contributed by atoms with Crippen molar-refractivity contribution >= 4 is 29.3 Å². The van der Waals surface area contributed by atoms with E-state index in [1.165, 1.54) is 12.1 Å². The number of hydrogen-bond acceptors (Lipinski definition) is 13. The van der Waals surface area contributed by atoms with E-state index in [1.807, 2.05) is 34.6 Å². The number of rotatable bonds is 10. The molecule has 2 unspecified atom stereocenters. The first kappa shape index (κ1) is 44.3. The number of nitrogens with zero attached hydrogens (tertiary/aromatic N) is 6. The fourth-order valence-corrected chi connectivity index (χ4v) is 10.5.